The first-order valence-electron chi connectivity index (χ1n) is 11.4. The standard InChI is InChI=1S/C26H32N2O3/c1-31-24-10-8-21(9-11-24)23-15-18-28(19-23)26(30)22-13-16-27(17-14-22)25(29)12-7-20-5-3-2-4-6-20/h2-6,8-11,22-23H,7,12-19H2,1H3. The molecule has 0 radical (unpaired) electrons. The van der Waals surface area contributed by atoms with E-state index >= 15 is 0 Å². The van der Waals surface area contributed by atoms with Crippen molar-refractivity contribution in [1.82, 2.24) is 9.80 Å². The Morgan fingerprint density at radius 1 is 0.903 bits per heavy atom. The molecule has 0 bridgehead atoms. The Bertz CT molecular complexity index is 873. The molecule has 2 aromatic carbocycles. The van der Waals surface area contributed by atoms with Crippen molar-refractivity contribution in [3.63, 3.8) is 0 Å². The molecular weight excluding hydrogens is 388 g/mol. The molecule has 31 heavy (non-hydrogen) atoms. The fourth-order valence-corrected chi connectivity index (χ4v) is 4.80. The zero-order valence-electron chi connectivity index (χ0n) is 18.3. The number of carbonyl (C=O) groups excluding carboxylic acids is 2. The topological polar surface area (TPSA) is 49.9 Å². The van der Waals surface area contributed by atoms with Crippen LogP contribution in [0.5, 0.6) is 5.75 Å². The number of ether oxygens (including phenoxy) is 1. The maximum Gasteiger partial charge on any atom is 0.225 e. The van der Waals surface area contributed by atoms with Crippen molar-refractivity contribution in [3.05, 3.63) is 65.7 Å². The van der Waals surface area contributed by atoms with E-state index in [1.54, 1.807) is 7.11 Å². The molecule has 1 atom stereocenters. The van der Waals surface area contributed by atoms with Crippen LogP contribution in [-0.4, -0.2) is 54.9 Å². The van der Waals surface area contributed by atoms with Crippen LogP contribution in [0.4, 0.5) is 0 Å². The number of likely N-dealkylation sites (tertiary alicyclic amines) is 2. The first kappa shape index (κ1) is 21.4. The molecule has 0 aromatic heterocycles. The Morgan fingerprint density at radius 3 is 2.26 bits per heavy atom. The lowest BCUT2D eigenvalue weighted by atomic mass is 9.94. The highest BCUT2D eigenvalue weighted by atomic mass is 16.5. The molecule has 0 spiro atoms. The first-order chi connectivity index (χ1) is 15.1. The minimum absolute atomic E-state index is 0.0489. The summed E-state index contributed by atoms with van der Waals surface area (Å²) in [5.41, 5.74) is 2.47. The zero-order chi connectivity index (χ0) is 21.6. The second kappa shape index (κ2) is 9.99. The molecule has 2 aliphatic heterocycles. The smallest absolute Gasteiger partial charge is 0.225 e. The molecule has 2 aromatic rings. The molecular formula is C26H32N2O3. The predicted octanol–water partition coefficient (Wildman–Crippen LogP) is 3.88. The van der Waals surface area contributed by atoms with Gasteiger partial charge in [-0.3, -0.25) is 9.59 Å². The van der Waals surface area contributed by atoms with Gasteiger partial charge in [0.05, 0.1) is 7.11 Å². The maximum atomic E-state index is 13.1. The Morgan fingerprint density at radius 2 is 1.58 bits per heavy atom. The highest BCUT2D eigenvalue weighted by Gasteiger charge is 2.34. The second-order valence-corrected chi connectivity index (χ2v) is 8.68. The normalized spacial score (nSPS) is 19.5. The third-order valence-electron chi connectivity index (χ3n) is 6.75. The van der Waals surface area contributed by atoms with Gasteiger partial charge in [0.15, 0.2) is 0 Å². The fraction of sp³-hybridized carbons (Fsp3) is 0.462. The van der Waals surface area contributed by atoms with E-state index in [0.29, 0.717) is 25.4 Å². The molecule has 2 fully saturated rings. The van der Waals surface area contributed by atoms with Crippen molar-refractivity contribution in [1.29, 1.82) is 0 Å². The molecule has 4 rings (SSSR count). The molecule has 164 valence electrons. The average molecular weight is 421 g/mol. The van der Waals surface area contributed by atoms with Gasteiger partial charge in [0.1, 0.15) is 5.75 Å². The molecule has 2 amide bonds. The molecule has 2 aliphatic rings. The van der Waals surface area contributed by atoms with E-state index in [4.69, 9.17) is 4.74 Å². The molecule has 2 heterocycles. The molecule has 0 aliphatic carbocycles. The van der Waals surface area contributed by atoms with Gasteiger partial charge in [0, 0.05) is 44.4 Å². The number of nitrogens with zero attached hydrogens (tertiary/aromatic N) is 2. The minimum Gasteiger partial charge on any atom is -0.497 e. The van der Waals surface area contributed by atoms with E-state index in [1.165, 1.54) is 11.1 Å². The van der Waals surface area contributed by atoms with Crippen LogP contribution in [0.25, 0.3) is 0 Å². The molecule has 0 saturated carbocycles. The summed E-state index contributed by atoms with van der Waals surface area (Å²) < 4.78 is 5.24. The highest BCUT2D eigenvalue weighted by Crippen LogP contribution is 2.31. The third kappa shape index (κ3) is 5.27. The van der Waals surface area contributed by atoms with Crippen molar-refractivity contribution in [3.8, 4) is 5.75 Å². The van der Waals surface area contributed by atoms with Crippen LogP contribution >= 0.6 is 0 Å². The number of hydrogen-bond donors (Lipinski definition) is 0. The molecule has 5 nitrogen and oxygen atoms in total. The third-order valence-corrected chi connectivity index (χ3v) is 6.75. The SMILES string of the molecule is COc1ccc(C2CCN(C(=O)C3CCN(C(=O)CCc4ccccc4)CC3)C2)cc1. The van der Waals surface area contributed by atoms with Gasteiger partial charge >= 0.3 is 0 Å². The Labute approximate surface area is 185 Å². The van der Waals surface area contributed by atoms with Gasteiger partial charge in [-0.2, -0.15) is 0 Å². The molecule has 0 N–H and O–H groups in total. The Balaban J connectivity index is 1.23. The quantitative estimate of drug-likeness (QED) is 0.713. The lowest BCUT2D eigenvalue weighted by Gasteiger charge is -2.33. The van der Waals surface area contributed by atoms with Crippen molar-refractivity contribution in [2.45, 2.75) is 38.0 Å². The second-order valence-electron chi connectivity index (χ2n) is 8.68. The van der Waals surface area contributed by atoms with Crippen molar-refractivity contribution < 1.29 is 14.3 Å². The number of amides is 2. The van der Waals surface area contributed by atoms with Crippen molar-refractivity contribution in [2.24, 2.45) is 5.92 Å². The summed E-state index contributed by atoms with van der Waals surface area (Å²) in [6.45, 7) is 3.01. The Hall–Kier alpha value is -2.82. The fourth-order valence-electron chi connectivity index (χ4n) is 4.80. The van der Waals surface area contributed by atoms with Gasteiger partial charge in [0.25, 0.3) is 0 Å². The average Bonchev–Trinajstić information content (AvgIpc) is 3.33. The predicted molar refractivity (Wildman–Crippen MR) is 121 cm³/mol. The number of methoxy groups -OCH3 is 1. The van der Waals surface area contributed by atoms with E-state index < -0.39 is 0 Å². The summed E-state index contributed by atoms with van der Waals surface area (Å²) in [5, 5.41) is 0. The largest absolute Gasteiger partial charge is 0.497 e. The van der Waals surface area contributed by atoms with Gasteiger partial charge in [-0.05, 0) is 48.9 Å². The van der Waals surface area contributed by atoms with Gasteiger partial charge in [0.2, 0.25) is 11.8 Å². The van der Waals surface area contributed by atoms with Crippen molar-refractivity contribution >= 4 is 11.8 Å². The summed E-state index contributed by atoms with van der Waals surface area (Å²) in [7, 11) is 1.67. The number of hydrogen-bond acceptors (Lipinski definition) is 3. The maximum absolute atomic E-state index is 13.1. The minimum atomic E-state index is 0.0489. The van der Waals surface area contributed by atoms with Crippen LogP contribution in [0.1, 0.15) is 42.7 Å². The van der Waals surface area contributed by atoms with E-state index in [0.717, 1.165) is 44.5 Å². The van der Waals surface area contributed by atoms with Gasteiger partial charge in [-0.1, -0.05) is 42.5 Å². The van der Waals surface area contributed by atoms with E-state index in [2.05, 4.69) is 24.3 Å². The van der Waals surface area contributed by atoms with E-state index in [1.807, 2.05) is 40.1 Å². The summed E-state index contributed by atoms with van der Waals surface area (Å²) >= 11 is 0. The lowest BCUT2D eigenvalue weighted by molar-refractivity contribution is -0.140. The van der Waals surface area contributed by atoms with Crippen LogP contribution in [0.15, 0.2) is 54.6 Å². The Kier molecular flexibility index (Phi) is 6.90. The monoisotopic (exact) mass is 420 g/mol. The van der Waals surface area contributed by atoms with E-state index in [9.17, 15) is 9.59 Å². The summed E-state index contributed by atoms with van der Waals surface area (Å²) in [6, 6.07) is 18.3. The van der Waals surface area contributed by atoms with Gasteiger partial charge in [-0.15, -0.1) is 0 Å². The van der Waals surface area contributed by atoms with E-state index in [-0.39, 0.29) is 17.7 Å². The lowest BCUT2D eigenvalue weighted by Crippen LogP contribution is -2.44. The van der Waals surface area contributed by atoms with Gasteiger partial charge in [-0.25, -0.2) is 0 Å². The summed E-state index contributed by atoms with van der Waals surface area (Å²) in [5.74, 6) is 1.78. The van der Waals surface area contributed by atoms with Gasteiger partial charge < -0.3 is 14.5 Å². The van der Waals surface area contributed by atoms with Crippen LogP contribution in [0.3, 0.4) is 0 Å². The number of aryl methyl sites for hydroxylation is 1. The first-order valence-corrected chi connectivity index (χ1v) is 11.4. The summed E-state index contributed by atoms with van der Waals surface area (Å²) in [4.78, 5) is 29.6. The zero-order valence-corrected chi connectivity index (χ0v) is 18.3. The van der Waals surface area contributed by atoms with Crippen molar-refractivity contribution in [2.75, 3.05) is 33.3 Å². The summed E-state index contributed by atoms with van der Waals surface area (Å²) in [6.07, 6.45) is 3.88. The highest BCUT2D eigenvalue weighted by molar-refractivity contribution is 5.80. The van der Waals surface area contributed by atoms with Crippen LogP contribution in [0.2, 0.25) is 0 Å². The van der Waals surface area contributed by atoms with Crippen LogP contribution < -0.4 is 4.74 Å². The number of rotatable bonds is 6. The number of benzene rings is 2. The van der Waals surface area contributed by atoms with Crippen LogP contribution in [0, 0.1) is 5.92 Å². The number of piperidine rings is 1. The molecule has 2 saturated heterocycles. The van der Waals surface area contributed by atoms with Crippen LogP contribution in [-0.2, 0) is 16.0 Å². The molecule has 5 heteroatoms. The molecule has 1 unspecified atom stereocenters. The number of carbonyl (C=O) groups is 2.